The lowest BCUT2D eigenvalue weighted by Crippen LogP contribution is -2.68. The van der Waals surface area contributed by atoms with Crippen LogP contribution in [0.4, 0.5) is 4.79 Å². The molecule has 2 aliphatic rings. The van der Waals surface area contributed by atoms with Crippen molar-refractivity contribution < 1.29 is 19.4 Å². The van der Waals surface area contributed by atoms with Gasteiger partial charge < -0.3 is 19.5 Å². The summed E-state index contributed by atoms with van der Waals surface area (Å²) in [5.74, 6) is 0.143. The molecule has 18 heavy (non-hydrogen) atoms. The minimum Gasteiger partial charge on any atom is -0.444 e. The Morgan fingerprint density at radius 3 is 2.61 bits per heavy atom. The molecular weight excluding hydrogens is 234 g/mol. The summed E-state index contributed by atoms with van der Waals surface area (Å²) in [5, 5.41) is 10.4. The number of aliphatic hydroxyl groups is 1. The molecule has 0 aliphatic carbocycles. The van der Waals surface area contributed by atoms with Crippen molar-refractivity contribution in [2.45, 2.75) is 44.8 Å². The van der Waals surface area contributed by atoms with Crippen LogP contribution in [0.15, 0.2) is 0 Å². The van der Waals surface area contributed by atoms with Crippen LogP contribution in [0.5, 0.6) is 0 Å². The van der Waals surface area contributed by atoms with Crippen LogP contribution in [0, 0.1) is 5.92 Å². The Labute approximate surface area is 108 Å². The molecule has 0 spiro atoms. The van der Waals surface area contributed by atoms with E-state index in [0.29, 0.717) is 19.7 Å². The lowest BCUT2D eigenvalue weighted by molar-refractivity contribution is -0.157. The van der Waals surface area contributed by atoms with Gasteiger partial charge in [-0.3, -0.25) is 0 Å². The van der Waals surface area contributed by atoms with E-state index in [-0.39, 0.29) is 12.0 Å². The van der Waals surface area contributed by atoms with Crippen molar-refractivity contribution in [1.82, 2.24) is 4.90 Å². The van der Waals surface area contributed by atoms with E-state index >= 15 is 0 Å². The highest BCUT2D eigenvalue weighted by atomic mass is 16.6. The molecule has 0 aromatic heterocycles. The fourth-order valence-corrected chi connectivity index (χ4v) is 2.49. The third kappa shape index (κ3) is 2.95. The number of amides is 1. The van der Waals surface area contributed by atoms with Crippen LogP contribution in [-0.2, 0) is 9.47 Å². The van der Waals surface area contributed by atoms with E-state index in [1.165, 1.54) is 0 Å². The summed E-state index contributed by atoms with van der Waals surface area (Å²) in [6.07, 6.45) is 1.61. The smallest absolute Gasteiger partial charge is 0.410 e. The maximum Gasteiger partial charge on any atom is 0.410 e. The number of nitrogens with zero attached hydrogens (tertiary/aromatic N) is 1. The number of β-amino-alcohol motifs (C(OH)–C–C–N with tert-alkyl or cyclic N) is 1. The average molecular weight is 257 g/mol. The maximum atomic E-state index is 11.8. The summed E-state index contributed by atoms with van der Waals surface area (Å²) in [6.45, 7) is 7.61. The summed E-state index contributed by atoms with van der Waals surface area (Å²) in [6, 6.07) is 0. The Morgan fingerprint density at radius 1 is 1.44 bits per heavy atom. The van der Waals surface area contributed by atoms with Crippen molar-refractivity contribution in [2.24, 2.45) is 5.92 Å². The minimum atomic E-state index is -0.780. The topological polar surface area (TPSA) is 59.0 Å². The predicted octanol–water partition coefficient (Wildman–Crippen LogP) is 1.39. The second kappa shape index (κ2) is 4.70. The molecule has 104 valence electrons. The first-order chi connectivity index (χ1) is 8.30. The molecule has 5 heteroatoms. The lowest BCUT2D eigenvalue weighted by Gasteiger charge is -2.51. The van der Waals surface area contributed by atoms with E-state index in [9.17, 15) is 9.90 Å². The number of ether oxygens (including phenoxy) is 2. The summed E-state index contributed by atoms with van der Waals surface area (Å²) in [5.41, 5.74) is -1.27. The van der Waals surface area contributed by atoms with E-state index in [4.69, 9.17) is 9.47 Å². The first kappa shape index (κ1) is 13.6. The number of hydrogen-bond donors (Lipinski definition) is 1. The Morgan fingerprint density at radius 2 is 2.11 bits per heavy atom. The van der Waals surface area contributed by atoms with Crippen molar-refractivity contribution in [1.29, 1.82) is 0 Å². The van der Waals surface area contributed by atoms with Crippen molar-refractivity contribution in [3.63, 3.8) is 0 Å². The summed E-state index contributed by atoms with van der Waals surface area (Å²) >= 11 is 0. The molecule has 2 aliphatic heterocycles. The Hall–Kier alpha value is -0.810. The molecule has 1 unspecified atom stereocenters. The molecule has 0 radical (unpaired) electrons. The number of hydrogen-bond acceptors (Lipinski definition) is 4. The third-order valence-corrected chi connectivity index (χ3v) is 3.50. The number of carbonyl (C=O) groups is 1. The third-order valence-electron chi connectivity index (χ3n) is 3.50. The Balaban J connectivity index is 1.83. The molecule has 0 aromatic carbocycles. The van der Waals surface area contributed by atoms with Gasteiger partial charge in [-0.2, -0.15) is 0 Å². The minimum absolute atomic E-state index is 0.143. The van der Waals surface area contributed by atoms with Gasteiger partial charge in [-0.1, -0.05) is 0 Å². The van der Waals surface area contributed by atoms with E-state index in [1.807, 2.05) is 20.8 Å². The van der Waals surface area contributed by atoms with E-state index in [0.717, 1.165) is 19.4 Å². The van der Waals surface area contributed by atoms with Crippen LogP contribution >= 0.6 is 0 Å². The molecule has 1 atom stereocenters. The highest BCUT2D eigenvalue weighted by molar-refractivity contribution is 5.69. The van der Waals surface area contributed by atoms with Crippen molar-refractivity contribution in [3.8, 4) is 0 Å². The summed E-state index contributed by atoms with van der Waals surface area (Å²) < 4.78 is 10.7. The Bertz CT molecular complexity index is 311. The van der Waals surface area contributed by atoms with Gasteiger partial charge in [-0.05, 0) is 33.6 Å². The first-order valence-corrected chi connectivity index (χ1v) is 6.58. The molecule has 0 saturated carbocycles. The van der Waals surface area contributed by atoms with Gasteiger partial charge in [0, 0.05) is 12.5 Å². The fraction of sp³-hybridized carbons (Fsp3) is 0.923. The van der Waals surface area contributed by atoms with Gasteiger partial charge in [0.15, 0.2) is 0 Å². The second-order valence-electron chi connectivity index (χ2n) is 6.35. The predicted molar refractivity (Wildman–Crippen MR) is 66.3 cm³/mol. The zero-order valence-corrected chi connectivity index (χ0v) is 11.4. The number of carbonyl (C=O) groups excluding carboxylic acids is 1. The number of rotatable bonds is 1. The van der Waals surface area contributed by atoms with Gasteiger partial charge in [0.05, 0.1) is 19.7 Å². The molecule has 1 N–H and O–H groups in total. The molecule has 2 fully saturated rings. The van der Waals surface area contributed by atoms with Gasteiger partial charge in [0.1, 0.15) is 11.2 Å². The first-order valence-electron chi connectivity index (χ1n) is 6.58. The molecule has 1 amide bonds. The number of likely N-dealkylation sites (tertiary alicyclic amines) is 1. The normalized spacial score (nSPS) is 27.6. The van der Waals surface area contributed by atoms with E-state index in [2.05, 4.69) is 0 Å². The molecule has 0 bridgehead atoms. The zero-order valence-electron chi connectivity index (χ0n) is 11.4. The van der Waals surface area contributed by atoms with Crippen LogP contribution in [-0.4, -0.2) is 53.6 Å². The largest absolute Gasteiger partial charge is 0.444 e. The average Bonchev–Trinajstić information content (AvgIpc) is 2.23. The highest BCUT2D eigenvalue weighted by Gasteiger charge is 2.50. The fourth-order valence-electron chi connectivity index (χ4n) is 2.49. The van der Waals surface area contributed by atoms with Crippen LogP contribution in [0.25, 0.3) is 0 Å². The molecule has 5 nitrogen and oxygen atoms in total. The molecule has 2 saturated heterocycles. The van der Waals surface area contributed by atoms with Crippen LogP contribution < -0.4 is 0 Å². The molecule has 0 aromatic rings. The van der Waals surface area contributed by atoms with E-state index < -0.39 is 11.2 Å². The summed E-state index contributed by atoms with van der Waals surface area (Å²) in [7, 11) is 0. The van der Waals surface area contributed by atoms with Crippen LogP contribution in [0.2, 0.25) is 0 Å². The van der Waals surface area contributed by atoms with Gasteiger partial charge in [-0.15, -0.1) is 0 Å². The quantitative estimate of drug-likeness (QED) is 0.771. The monoisotopic (exact) mass is 257 g/mol. The van der Waals surface area contributed by atoms with Crippen molar-refractivity contribution in [3.05, 3.63) is 0 Å². The van der Waals surface area contributed by atoms with Gasteiger partial charge >= 0.3 is 6.09 Å². The van der Waals surface area contributed by atoms with Gasteiger partial charge in [0.25, 0.3) is 0 Å². The van der Waals surface area contributed by atoms with Crippen LogP contribution in [0.1, 0.15) is 33.6 Å². The molecule has 2 heterocycles. The zero-order chi connectivity index (χ0) is 13.4. The standard InChI is InChI=1S/C13H23NO4/c1-12(2,3)18-11(15)14-8-13(16,9-14)10-5-4-6-17-7-10/h10,16H,4-9H2,1-3H3. The summed E-state index contributed by atoms with van der Waals surface area (Å²) in [4.78, 5) is 13.3. The van der Waals surface area contributed by atoms with Gasteiger partial charge in [0.2, 0.25) is 0 Å². The van der Waals surface area contributed by atoms with Crippen LogP contribution in [0.3, 0.4) is 0 Å². The SMILES string of the molecule is CC(C)(C)OC(=O)N1CC(O)(C2CCCOC2)C1. The van der Waals surface area contributed by atoms with Crippen molar-refractivity contribution >= 4 is 6.09 Å². The Kier molecular flexibility index (Phi) is 3.56. The lowest BCUT2D eigenvalue weighted by atomic mass is 9.78. The van der Waals surface area contributed by atoms with E-state index in [1.54, 1.807) is 4.90 Å². The highest BCUT2D eigenvalue weighted by Crippen LogP contribution is 2.34. The molecular formula is C13H23NO4. The molecule has 2 rings (SSSR count). The second-order valence-corrected chi connectivity index (χ2v) is 6.35. The van der Waals surface area contributed by atoms with Crippen molar-refractivity contribution in [2.75, 3.05) is 26.3 Å². The maximum absolute atomic E-state index is 11.8. The van der Waals surface area contributed by atoms with Gasteiger partial charge in [-0.25, -0.2) is 4.79 Å².